The van der Waals surface area contributed by atoms with Crippen LogP contribution in [-0.2, 0) is 4.74 Å². The summed E-state index contributed by atoms with van der Waals surface area (Å²) in [6, 6.07) is 2.10. The van der Waals surface area contributed by atoms with Crippen molar-refractivity contribution in [2.75, 3.05) is 19.5 Å². The summed E-state index contributed by atoms with van der Waals surface area (Å²) >= 11 is 0. The third-order valence-electron chi connectivity index (χ3n) is 2.31. The second-order valence-electron chi connectivity index (χ2n) is 3.92. The highest BCUT2D eigenvalue weighted by molar-refractivity contribution is 5.30. The van der Waals surface area contributed by atoms with Crippen molar-refractivity contribution in [1.82, 2.24) is 9.78 Å². The van der Waals surface area contributed by atoms with Crippen molar-refractivity contribution in [3.63, 3.8) is 0 Å². The predicted molar refractivity (Wildman–Crippen MR) is 57.1 cm³/mol. The second kappa shape index (κ2) is 4.46. The molecule has 80 valence electrons. The van der Waals surface area contributed by atoms with Crippen molar-refractivity contribution in [2.45, 2.75) is 26.8 Å². The quantitative estimate of drug-likeness (QED) is 0.798. The third-order valence-corrected chi connectivity index (χ3v) is 2.31. The molecule has 0 fully saturated rings. The highest BCUT2D eigenvalue weighted by atomic mass is 16.5. The first-order valence-electron chi connectivity index (χ1n) is 4.86. The van der Waals surface area contributed by atoms with Crippen molar-refractivity contribution in [2.24, 2.45) is 5.92 Å². The van der Waals surface area contributed by atoms with Gasteiger partial charge in [0.15, 0.2) is 0 Å². The number of rotatable bonds is 4. The Morgan fingerprint density at radius 1 is 1.57 bits per heavy atom. The molecule has 1 heterocycles. The van der Waals surface area contributed by atoms with Crippen molar-refractivity contribution in [3.05, 3.63) is 11.8 Å². The van der Waals surface area contributed by atoms with Gasteiger partial charge in [-0.1, -0.05) is 13.8 Å². The lowest BCUT2D eigenvalue weighted by Gasteiger charge is -2.21. The first kappa shape index (κ1) is 11.0. The summed E-state index contributed by atoms with van der Waals surface area (Å²) in [5.74, 6) is 1.16. The number of aromatic nitrogens is 2. The number of methoxy groups -OCH3 is 1. The van der Waals surface area contributed by atoms with Crippen molar-refractivity contribution in [1.29, 1.82) is 0 Å². The van der Waals surface area contributed by atoms with Gasteiger partial charge in [-0.05, 0) is 12.8 Å². The fourth-order valence-electron chi connectivity index (χ4n) is 1.52. The fraction of sp³-hybridized carbons (Fsp3) is 0.700. The summed E-state index contributed by atoms with van der Waals surface area (Å²) in [6.07, 6.45) is 0. The van der Waals surface area contributed by atoms with E-state index in [4.69, 9.17) is 10.5 Å². The molecule has 0 aliphatic rings. The standard InChI is InChI=1S/C10H19N3O/c1-7(2)9(6-14-4)13-10(11)5-8(3)12-13/h5,7,9H,6,11H2,1-4H3. The lowest BCUT2D eigenvalue weighted by Crippen LogP contribution is -2.22. The molecule has 1 rings (SSSR count). The van der Waals surface area contributed by atoms with Gasteiger partial charge in [-0.15, -0.1) is 0 Å². The van der Waals surface area contributed by atoms with Gasteiger partial charge in [0.2, 0.25) is 0 Å². The normalized spacial score (nSPS) is 13.5. The van der Waals surface area contributed by atoms with Crippen LogP contribution in [0, 0.1) is 12.8 Å². The molecular weight excluding hydrogens is 178 g/mol. The number of nitrogen functional groups attached to an aromatic ring is 1. The van der Waals surface area contributed by atoms with E-state index in [1.807, 2.05) is 17.7 Å². The minimum atomic E-state index is 0.216. The molecule has 0 bridgehead atoms. The van der Waals surface area contributed by atoms with Crippen molar-refractivity contribution >= 4 is 5.82 Å². The third kappa shape index (κ3) is 2.26. The van der Waals surface area contributed by atoms with Crippen LogP contribution in [0.4, 0.5) is 5.82 Å². The second-order valence-corrected chi connectivity index (χ2v) is 3.92. The Morgan fingerprint density at radius 3 is 2.57 bits per heavy atom. The van der Waals surface area contributed by atoms with E-state index in [0.29, 0.717) is 18.3 Å². The molecule has 0 aliphatic carbocycles. The number of nitrogens with two attached hydrogens (primary N) is 1. The number of anilines is 1. The maximum Gasteiger partial charge on any atom is 0.122 e. The van der Waals surface area contributed by atoms with E-state index in [1.165, 1.54) is 0 Å². The van der Waals surface area contributed by atoms with Crippen LogP contribution < -0.4 is 5.73 Å². The highest BCUT2D eigenvalue weighted by Gasteiger charge is 2.18. The minimum absolute atomic E-state index is 0.216. The molecule has 0 aromatic carbocycles. The summed E-state index contributed by atoms with van der Waals surface area (Å²) in [4.78, 5) is 0. The van der Waals surface area contributed by atoms with Gasteiger partial charge in [-0.25, -0.2) is 4.68 Å². The Labute approximate surface area is 85.0 Å². The smallest absolute Gasteiger partial charge is 0.122 e. The van der Waals surface area contributed by atoms with E-state index in [9.17, 15) is 0 Å². The van der Waals surface area contributed by atoms with Crippen LogP contribution in [0.5, 0.6) is 0 Å². The first-order chi connectivity index (χ1) is 6.56. The molecule has 1 unspecified atom stereocenters. The molecule has 0 aliphatic heterocycles. The van der Waals surface area contributed by atoms with E-state index in [2.05, 4.69) is 18.9 Å². The largest absolute Gasteiger partial charge is 0.384 e. The van der Waals surface area contributed by atoms with Crippen LogP contribution in [0.1, 0.15) is 25.6 Å². The van der Waals surface area contributed by atoms with E-state index < -0.39 is 0 Å². The van der Waals surface area contributed by atoms with Crippen LogP contribution in [0.15, 0.2) is 6.07 Å². The molecular formula is C10H19N3O. The van der Waals surface area contributed by atoms with Crippen LogP contribution in [0.2, 0.25) is 0 Å². The topological polar surface area (TPSA) is 53.1 Å². The van der Waals surface area contributed by atoms with Crippen LogP contribution in [0.25, 0.3) is 0 Å². The molecule has 2 N–H and O–H groups in total. The van der Waals surface area contributed by atoms with Gasteiger partial charge in [-0.2, -0.15) is 5.10 Å². The Morgan fingerprint density at radius 2 is 2.21 bits per heavy atom. The molecule has 4 nitrogen and oxygen atoms in total. The fourth-order valence-corrected chi connectivity index (χ4v) is 1.52. The molecule has 0 amide bonds. The molecule has 1 atom stereocenters. The average Bonchev–Trinajstić information content (AvgIpc) is 2.40. The maximum atomic E-state index is 5.86. The molecule has 0 radical (unpaired) electrons. The maximum absolute atomic E-state index is 5.86. The van der Waals surface area contributed by atoms with Gasteiger partial charge in [0, 0.05) is 13.2 Å². The number of hydrogen-bond acceptors (Lipinski definition) is 3. The molecule has 0 saturated carbocycles. The molecule has 1 aromatic rings. The van der Waals surface area contributed by atoms with Crippen molar-refractivity contribution < 1.29 is 4.74 Å². The summed E-state index contributed by atoms with van der Waals surface area (Å²) in [6.45, 7) is 6.86. The Kier molecular flexibility index (Phi) is 3.52. The average molecular weight is 197 g/mol. The zero-order valence-corrected chi connectivity index (χ0v) is 9.32. The van der Waals surface area contributed by atoms with E-state index >= 15 is 0 Å². The number of aryl methyl sites for hydroxylation is 1. The zero-order chi connectivity index (χ0) is 10.7. The van der Waals surface area contributed by atoms with Crippen LogP contribution >= 0.6 is 0 Å². The van der Waals surface area contributed by atoms with Crippen LogP contribution in [0.3, 0.4) is 0 Å². The van der Waals surface area contributed by atoms with E-state index in [0.717, 1.165) is 5.69 Å². The van der Waals surface area contributed by atoms with E-state index in [-0.39, 0.29) is 6.04 Å². The number of hydrogen-bond donors (Lipinski definition) is 1. The Bertz CT molecular complexity index is 294. The van der Waals surface area contributed by atoms with E-state index in [1.54, 1.807) is 7.11 Å². The van der Waals surface area contributed by atoms with Gasteiger partial charge in [0.1, 0.15) is 5.82 Å². The Hall–Kier alpha value is -1.03. The number of ether oxygens (including phenoxy) is 1. The minimum Gasteiger partial charge on any atom is -0.384 e. The highest BCUT2D eigenvalue weighted by Crippen LogP contribution is 2.21. The summed E-state index contributed by atoms with van der Waals surface area (Å²) < 4.78 is 7.02. The van der Waals surface area contributed by atoms with Gasteiger partial charge in [0.25, 0.3) is 0 Å². The summed E-state index contributed by atoms with van der Waals surface area (Å²) in [5.41, 5.74) is 6.80. The lowest BCUT2D eigenvalue weighted by atomic mass is 10.1. The molecule has 0 saturated heterocycles. The summed E-state index contributed by atoms with van der Waals surface area (Å²) in [5, 5.41) is 4.36. The number of nitrogens with zero attached hydrogens (tertiary/aromatic N) is 2. The van der Waals surface area contributed by atoms with Crippen molar-refractivity contribution in [3.8, 4) is 0 Å². The van der Waals surface area contributed by atoms with Crippen LogP contribution in [-0.4, -0.2) is 23.5 Å². The van der Waals surface area contributed by atoms with Gasteiger partial charge < -0.3 is 10.5 Å². The predicted octanol–water partition coefficient (Wildman–Crippen LogP) is 1.62. The monoisotopic (exact) mass is 197 g/mol. The SMILES string of the molecule is COCC(C(C)C)n1nc(C)cc1N. The molecule has 14 heavy (non-hydrogen) atoms. The Balaban J connectivity index is 2.92. The molecule has 0 spiro atoms. The van der Waals surface area contributed by atoms with Gasteiger partial charge in [-0.3, -0.25) is 0 Å². The van der Waals surface area contributed by atoms with Gasteiger partial charge >= 0.3 is 0 Å². The first-order valence-corrected chi connectivity index (χ1v) is 4.86. The lowest BCUT2D eigenvalue weighted by molar-refractivity contribution is 0.127. The molecule has 4 heteroatoms. The molecule has 1 aromatic heterocycles. The zero-order valence-electron chi connectivity index (χ0n) is 9.32. The van der Waals surface area contributed by atoms with Gasteiger partial charge in [0.05, 0.1) is 18.3 Å². The summed E-state index contributed by atoms with van der Waals surface area (Å²) in [7, 11) is 1.70.